The summed E-state index contributed by atoms with van der Waals surface area (Å²) in [7, 11) is 0. The Kier molecular flexibility index (Phi) is 8.60. The number of carbonyl (C=O) groups is 2. The lowest BCUT2D eigenvalue weighted by atomic mass is 10.2. The molecule has 0 fully saturated rings. The average molecular weight is 511 g/mol. The van der Waals surface area contributed by atoms with Crippen LogP contribution in [0.2, 0.25) is 0 Å². The van der Waals surface area contributed by atoms with Crippen LogP contribution in [0.4, 0.5) is 0 Å². The molecule has 3 rings (SSSR count). The number of esters is 1. The number of hydrogen-bond acceptors (Lipinski definition) is 6. The highest BCUT2D eigenvalue weighted by Crippen LogP contribution is 2.29. The molecule has 1 N–H and O–H groups in total. The van der Waals surface area contributed by atoms with Gasteiger partial charge in [0.2, 0.25) is 0 Å². The molecule has 0 aromatic heterocycles. The van der Waals surface area contributed by atoms with Crippen LogP contribution < -0.4 is 19.6 Å². The second kappa shape index (κ2) is 11.8. The van der Waals surface area contributed by atoms with Crippen LogP contribution in [0.3, 0.4) is 0 Å². The Morgan fingerprint density at radius 1 is 0.879 bits per heavy atom. The molecular weight excluding hydrogens is 488 g/mol. The van der Waals surface area contributed by atoms with Crippen molar-refractivity contribution in [3.05, 3.63) is 87.9 Å². The van der Waals surface area contributed by atoms with Gasteiger partial charge in [0.05, 0.1) is 25.0 Å². The largest absolute Gasteiger partial charge is 0.494 e. The molecule has 0 bridgehead atoms. The van der Waals surface area contributed by atoms with E-state index in [0.29, 0.717) is 41.4 Å². The molecule has 0 heterocycles. The lowest BCUT2D eigenvalue weighted by Crippen LogP contribution is -2.17. The lowest BCUT2D eigenvalue weighted by Gasteiger charge is -2.11. The standard InChI is InChI=1S/C25H23BrN2O5/c1-3-31-21-12-8-19(9-13-21)25(30)33-22-14-5-17(15-23(22)32-4-2)16-27-28-24(29)18-6-10-20(26)11-7-18/h5-16H,3-4H2,1-2H3,(H,28,29)/b27-16-. The van der Waals surface area contributed by atoms with Crippen molar-refractivity contribution in [2.45, 2.75) is 13.8 Å². The Bertz CT molecular complexity index is 1130. The number of nitrogens with one attached hydrogen (secondary N) is 1. The van der Waals surface area contributed by atoms with E-state index in [9.17, 15) is 9.59 Å². The maximum atomic E-state index is 12.5. The van der Waals surface area contributed by atoms with Gasteiger partial charge in [-0.25, -0.2) is 10.2 Å². The van der Waals surface area contributed by atoms with Crippen LogP contribution in [0, 0.1) is 0 Å². The number of halogens is 1. The molecular formula is C25H23BrN2O5. The average Bonchev–Trinajstić information content (AvgIpc) is 2.82. The number of carbonyl (C=O) groups excluding carboxylic acids is 2. The molecule has 0 saturated heterocycles. The number of rotatable bonds is 9. The van der Waals surface area contributed by atoms with E-state index < -0.39 is 5.97 Å². The topological polar surface area (TPSA) is 86.2 Å². The second-order valence-corrected chi connectivity index (χ2v) is 7.61. The fraction of sp³-hybridized carbons (Fsp3) is 0.160. The van der Waals surface area contributed by atoms with Gasteiger partial charge >= 0.3 is 5.97 Å². The Morgan fingerprint density at radius 2 is 1.55 bits per heavy atom. The minimum Gasteiger partial charge on any atom is -0.494 e. The third kappa shape index (κ3) is 6.92. The van der Waals surface area contributed by atoms with Gasteiger partial charge in [-0.15, -0.1) is 0 Å². The minimum absolute atomic E-state index is 0.284. The van der Waals surface area contributed by atoms with Gasteiger partial charge in [0.25, 0.3) is 5.91 Å². The zero-order chi connectivity index (χ0) is 23.6. The zero-order valence-electron chi connectivity index (χ0n) is 18.2. The maximum absolute atomic E-state index is 12.5. The highest BCUT2D eigenvalue weighted by atomic mass is 79.9. The summed E-state index contributed by atoms with van der Waals surface area (Å²) in [5.74, 6) is 0.513. The Balaban J connectivity index is 1.67. The molecule has 33 heavy (non-hydrogen) atoms. The number of ether oxygens (including phenoxy) is 3. The molecule has 0 aliphatic rings. The highest BCUT2D eigenvalue weighted by molar-refractivity contribution is 9.10. The molecule has 0 unspecified atom stereocenters. The predicted molar refractivity (Wildman–Crippen MR) is 129 cm³/mol. The third-order valence-corrected chi connectivity index (χ3v) is 4.89. The van der Waals surface area contributed by atoms with E-state index >= 15 is 0 Å². The minimum atomic E-state index is -0.512. The lowest BCUT2D eigenvalue weighted by molar-refractivity contribution is 0.0728. The first kappa shape index (κ1) is 24.0. The van der Waals surface area contributed by atoms with Crippen LogP contribution in [0.5, 0.6) is 17.2 Å². The number of hydrazone groups is 1. The Labute approximate surface area is 200 Å². The van der Waals surface area contributed by atoms with Gasteiger partial charge in [-0.1, -0.05) is 15.9 Å². The normalized spacial score (nSPS) is 10.6. The quantitative estimate of drug-likeness (QED) is 0.184. The first-order chi connectivity index (χ1) is 16.0. The summed E-state index contributed by atoms with van der Waals surface area (Å²) in [5, 5.41) is 3.99. The van der Waals surface area contributed by atoms with E-state index in [1.807, 2.05) is 13.8 Å². The predicted octanol–water partition coefficient (Wildman–Crippen LogP) is 5.23. The molecule has 0 saturated carbocycles. The summed E-state index contributed by atoms with van der Waals surface area (Å²) < 4.78 is 17.4. The van der Waals surface area contributed by atoms with Crippen molar-refractivity contribution in [3.8, 4) is 17.2 Å². The van der Waals surface area contributed by atoms with Gasteiger partial charge < -0.3 is 14.2 Å². The molecule has 0 aliphatic carbocycles. The first-order valence-electron chi connectivity index (χ1n) is 10.3. The van der Waals surface area contributed by atoms with Crippen molar-refractivity contribution in [1.29, 1.82) is 0 Å². The Morgan fingerprint density at radius 3 is 2.21 bits per heavy atom. The Hall–Kier alpha value is -3.65. The summed E-state index contributed by atoms with van der Waals surface area (Å²) in [6.07, 6.45) is 1.48. The molecule has 0 atom stereocenters. The van der Waals surface area contributed by atoms with E-state index in [2.05, 4.69) is 26.5 Å². The van der Waals surface area contributed by atoms with Crippen LogP contribution in [-0.4, -0.2) is 31.3 Å². The van der Waals surface area contributed by atoms with Crippen molar-refractivity contribution < 1.29 is 23.8 Å². The smallest absolute Gasteiger partial charge is 0.343 e. The highest BCUT2D eigenvalue weighted by Gasteiger charge is 2.13. The summed E-state index contributed by atoms with van der Waals surface area (Å²) >= 11 is 3.33. The van der Waals surface area contributed by atoms with Crippen molar-refractivity contribution >= 4 is 34.0 Å². The van der Waals surface area contributed by atoms with Crippen LogP contribution in [0.15, 0.2) is 76.3 Å². The molecule has 3 aromatic rings. The summed E-state index contributed by atoms with van der Waals surface area (Å²) in [4.78, 5) is 24.7. The van der Waals surface area contributed by atoms with Crippen molar-refractivity contribution in [2.75, 3.05) is 13.2 Å². The SMILES string of the molecule is CCOc1ccc(C(=O)Oc2ccc(/C=N\NC(=O)c3ccc(Br)cc3)cc2OCC)cc1. The number of nitrogens with zero attached hydrogens (tertiary/aromatic N) is 1. The molecule has 0 aliphatic heterocycles. The molecule has 1 amide bonds. The van der Waals surface area contributed by atoms with E-state index in [0.717, 1.165) is 4.47 Å². The van der Waals surface area contributed by atoms with Gasteiger partial charge in [-0.05, 0) is 86.1 Å². The maximum Gasteiger partial charge on any atom is 0.343 e. The van der Waals surface area contributed by atoms with Gasteiger partial charge in [0.15, 0.2) is 11.5 Å². The number of benzene rings is 3. The van der Waals surface area contributed by atoms with Gasteiger partial charge in [0.1, 0.15) is 5.75 Å². The van der Waals surface area contributed by atoms with E-state index in [4.69, 9.17) is 14.2 Å². The van der Waals surface area contributed by atoms with Gasteiger partial charge in [-0.3, -0.25) is 4.79 Å². The van der Waals surface area contributed by atoms with Crippen molar-refractivity contribution in [2.24, 2.45) is 5.10 Å². The fourth-order valence-corrected chi connectivity index (χ4v) is 3.07. The third-order valence-electron chi connectivity index (χ3n) is 4.36. The fourth-order valence-electron chi connectivity index (χ4n) is 2.80. The van der Waals surface area contributed by atoms with Gasteiger partial charge in [0, 0.05) is 10.0 Å². The van der Waals surface area contributed by atoms with Crippen LogP contribution in [0.1, 0.15) is 40.1 Å². The summed E-state index contributed by atoms with van der Waals surface area (Å²) in [6, 6.07) is 18.7. The molecule has 3 aromatic carbocycles. The molecule has 0 spiro atoms. The monoisotopic (exact) mass is 510 g/mol. The van der Waals surface area contributed by atoms with Crippen LogP contribution >= 0.6 is 15.9 Å². The first-order valence-corrected chi connectivity index (χ1v) is 11.1. The molecule has 7 nitrogen and oxygen atoms in total. The molecule has 170 valence electrons. The van der Waals surface area contributed by atoms with E-state index in [1.54, 1.807) is 66.7 Å². The number of hydrogen-bond donors (Lipinski definition) is 1. The van der Waals surface area contributed by atoms with Crippen molar-refractivity contribution in [1.82, 2.24) is 5.43 Å². The number of amides is 1. The molecule has 8 heteroatoms. The van der Waals surface area contributed by atoms with Crippen LogP contribution in [0.25, 0.3) is 0 Å². The van der Waals surface area contributed by atoms with Crippen LogP contribution in [-0.2, 0) is 0 Å². The van der Waals surface area contributed by atoms with E-state index in [-0.39, 0.29) is 11.7 Å². The van der Waals surface area contributed by atoms with Gasteiger partial charge in [-0.2, -0.15) is 5.10 Å². The summed E-state index contributed by atoms with van der Waals surface area (Å²) in [6.45, 7) is 4.65. The zero-order valence-corrected chi connectivity index (χ0v) is 19.8. The summed E-state index contributed by atoms with van der Waals surface area (Å²) in [5.41, 5.74) is 4.02. The van der Waals surface area contributed by atoms with E-state index in [1.165, 1.54) is 6.21 Å². The van der Waals surface area contributed by atoms with Crippen molar-refractivity contribution in [3.63, 3.8) is 0 Å². The second-order valence-electron chi connectivity index (χ2n) is 6.69. The molecule has 0 radical (unpaired) electrons.